The lowest BCUT2D eigenvalue weighted by molar-refractivity contribution is 0.0414. The van der Waals surface area contributed by atoms with Crippen LogP contribution >= 0.6 is 0 Å². The van der Waals surface area contributed by atoms with Gasteiger partial charge in [0.1, 0.15) is 0 Å². The van der Waals surface area contributed by atoms with E-state index in [0.29, 0.717) is 0 Å². The summed E-state index contributed by atoms with van der Waals surface area (Å²) < 4.78 is 0. The van der Waals surface area contributed by atoms with Crippen molar-refractivity contribution in [3.63, 3.8) is 0 Å². The van der Waals surface area contributed by atoms with Crippen LogP contribution in [0.3, 0.4) is 0 Å². The average Bonchev–Trinajstić information content (AvgIpc) is 2.85. The Morgan fingerprint density at radius 2 is 2.08 bits per heavy atom. The summed E-state index contributed by atoms with van der Waals surface area (Å²) in [5.74, 6) is 1.72. The van der Waals surface area contributed by atoms with Crippen LogP contribution < -0.4 is 5.32 Å². The van der Waals surface area contributed by atoms with Gasteiger partial charge in [0.25, 0.3) is 0 Å². The third-order valence-electron chi connectivity index (χ3n) is 3.51. The van der Waals surface area contributed by atoms with E-state index in [-0.39, 0.29) is 6.10 Å². The molecule has 0 radical (unpaired) electrons. The van der Waals surface area contributed by atoms with Crippen LogP contribution in [-0.4, -0.2) is 23.8 Å². The molecule has 2 heteroatoms. The molecule has 2 rings (SSSR count). The number of aliphatic hydroxyl groups excluding tert-OH is 1. The number of rotatable bonds is 5. The molecule has 2 aliphatic rings. The van der Waals surface area contributed by atoms with E-state index in [4.69, 9.17) is 5.11 Å². The van der Waals surface area contributed by atoms with Crippen molar-refractivity contribution in [2.45, 2.75) is 51.2 Å². The standard InChI is InChI=1S/C11H21NO/c1-2-11(9-3-4-9)12-7-8-5-10(13)6-8/h8-13H,2-7H2,1H3. The van der Waals surface area contributed by atoms with Crippen LogP contribution in [0.15, 0.2) is 0 Å². The molecule has 76 valence electrons. The Morgan fingerprint density at radius 1 is 1.38 bits per heavy atom. The smallest absolute Gasteiger partial charge is 0.0546 e. The van der Waals surface area contributed by atoms with Crippen LogP contribution in [-0.2, 0) is 0 Å². The van der Waals surface area contributed by atoms with Gasteiger partial charge >= 0.3 is 0 Å². The van der Waals surface area contributed by atoms with Crippen LogP contribution in [0, 0.1) is 11.8 Å². The molecule has 0 aromatic heterocycles. The first kappa shape index (κ1) is 9.47. The van der Waals surface area contributed by atoms with Gasteiger partial charge in [0.15, 0.2) is 0 Å². The van der Waals surface area contributed by atoms with Gasteiger partial charge in [-0.15, -0.1) is 0 Å². The minimum Gasteiger partial charge on any atom is -0.393 e. The summed E-state index contributed by atoms with van der Waals surface area (Å²) >= 11 is 0. The Bertz CT molecular complexity index is 161. The maximum Gasteiger partial charge on any atom is 0.0546 e. The molecule has 0 aromatic rings. The number of aliphatic hydroxyl groups is 1. The first-order chi connectivity index (χ1) is 6.29. The van der Waals surface area contributed by atoms with Crippen LogP contribution in [0.5, 0.6) is 0 Å². The lowest BCUT2D eigenvalue weighted by Crippen LogP contribution is -2.40. The first-order valence-corrected chi connectivity index (χ1v) is 5.71. The largest absolute Gasteiger partial charge is 0.393 e. The van der Waals surface area contributed by atoms with Crippen molar-refractivity contribution in [2.24, 2.45) is 11.8 Å². The summed E-state index contributed by atoms with van der Waals surface area (Å²) in [6.45, 7) is 3.40. The van der Waals surface area contributed by atoms with E-state index < -0.39 is 0 Å². The molecule has 2 aliphatic carbocycles. The highest BCUT2D eigenvalue weighted by Gasteiger charge is 2.32. The summed E-state index contributed by atoms with van der Waals surface area (Å²) in [6, 6.07) is 0.762. The van der Waals surface area contributed by atoms with E-state index in [0.717, 1.165) is 37.3 Å². The molecule has 13 heavy (non-hydrogen) atoms. The highest BCUT2D eigenvalue weighted by atomic mass is 16.3. The minimum atomic E-state index is 0.00722. The van der Waals surface area contributed by atoms with Crippen molar-refractivity contribution in [3.05, 3.63) is 0 Å². The van der Waals surface area contributed by atoms with Gasteiger partial charge in [0.2, 0.25) is 0 Å². The third-order valence-corrected chi connectivity index (χ3v) is 3.51. The fourth-order valence-electron chi connectivity index (χ4n) is 2.33. The Kier molecular flexibility index (Phi) is 2.89. The summed E-state index contributed by atoms with van der Waals surface area (Å²) in [6.07, 6.45) is 6.17. The zero-order chi connectivity index (χ0) is 9.26. The van der Waals surface area contributed by atoms with Crippen LogP contribution in [0.25, 0.3) is 0 Å². The van der Waals surface area contributed by atoms with Crippen molar-refractivity contribution in [1.82, 2.24) is 5.32 Å². The summed E-state index contributed by atoms with van der Waals surface area (Å²) in [5.41, 5.74) is 0. The Hall–Kier alpha value is -0.0800. The Labute approximate surface area is 80.7 Å². The predicted octanol–water partition coefficient (Wildman–Crippen LogP) is 1.54. The molecule has 1 unspecified atom stereocenters. The minimum absolute atomic E-state index is 0.00722. The second kappa shape index (κ2) is 3.97. The summed E-state index contributed by atoms with van der Waals surface area (Å²) in [7, 11) is 0. The van der Waals surface area contributed by atoms with Gasteiger partial charge in [0.05, 0.1) is 6.10 Å². The van der Waals surface area contributed by atoms with E-state index in [2.05, 4.69) is 12.2 Å². The van der Waals surface area contributed by atoms with Gasteiger partial charge < -0.3 is 10.4 Å². The monoisotopic (exact) mass is 183 g/mol. The van der Waals surface area contributed by atoms with Gasteiger partial charge in [0, 0.05) is 6.04 Å². The van der Waals surface area contributed by atoms with Gasteiger partial charge in [-0.25, -0.2) is 0 Å². The second-order valence-electron chi connectivity index (χ2n) is 4.75. The van der Waals surface area contributed by atoms with E-state index >= 15 is 0 Å². The molecular formula is C11H21NO. The topological polar surface area (TPSA) is 32.3 Å². The van der Waals surface area contributed by atoms with Gasteiger partial charge in [-0.3, -0.25) is 0 Å². The van der Waals surface area contributed by atoms with Crippen LogP contribution in [0.1, 0.15) is 39.0 Å². The van der Waals surface area contributed by atoms with Crippen molar-refractivity contribution < 1.29 is 5.11 Å². The first-order valence-electron chi connectivity index (χ1n) is 5.71. The molecule has 0 heterocycles. The van der Waals surface area contributed by atoms with Crippen molar-refractivity contribution in [2.75, 3.05) is 6.54 Å². The fraction of sp³-hybridized carbons (Fsp3) is 1.00. The van der Waals surface area contributed by atoms with Gasteiger partial charge in [-0.2, -0.15) is 0 Å². The molecule has 2 saturated carbocycles. The lowest BCUT2D eigenvalue weighted by Gasteiger charge is -2.32. The Balaban J connectivity index is 1.60. The van der Waals surface area contributed by atoms with Crippen LogP contribution in [0.2, 0.25) is 0 Å². The summed E-state index contributed by atoms with van der Waals surface area (Å²) in [4.78, 5) is 0. The predicted molar refractivity (Wildman–Crippen MR) is 53.5 cm³/mol. The summed E-state index contributed by atoms with van der Waals surface area (Å²) in [5, 5.41) is 12.8. The van der Waals surface area contributed by atoms with Crippen molar-refractivity contribution in [1.29, 1.82) is 0 Å². The maximum atomic E-state index is 9.13. The molecule has 2 N–H and O–H groups in total. The van der Waals surface area contributed by atoms with E-state index in [9.17, 15) is 0 Å². The molecule has 0 aromatic carbocycles. The van der Waals surface area contributed by atoms with Crippen molar-refractivity contribution >= 4 is 0 Å². The zero-order valence-corrected chi connectivity index (χ0v) is 8.50. The Morgan fingerprint density at radius 3 is 2.54 bits per heavy atom. The second-order valence-corrected chi connectivity index (χ2v) is 4.75. The molecule has 0 aliphatic heterocycles. The third kappa shape index (κ3) is 2.44. The highest BCUT2D eigenvalue weighted by molar-refractivity contribution is 4.88. The van der Waals surface area contributed by atoms with Gasteiger partial charge in [-0.1, -0.05) is 6.92 Å². The zero-order valence-electron chi connectivity index (χ0n) is 8.50. The molecule has 0 amide bonds. The van der Waals surface area contributed by atoms with Crippen molar-refractivity contribution in [3.8, 4) is 0 Å². The van der Waals surface area contributed by atoms with Gasteiger partial charge in [-0.05, 0) is 50.5 Å². The molecular weight excluding hydrogens is 162 g/mol. The molecule has 2 fully saturated rings. The molecule has 0 saturated heterocycles. The maximum absolute atomic E-state index is 9.13. The number of hydrogen-bond donors (Lipinski definition) is 2. The SMILES string of the molecule is CCC(NCC1CC(O)C1)C1CC1. The molecule has 0 bridgehead atoms. The quantitative estimate of drug-likeness (QED) is 0.677. The normalized spacial score (nSPS) is 35.5. The molecule has 1 atom stereocenters. The van der Waals surface area contributed by atoms with E-state index in [1.54, 1.807) is 0 Å². The van der Waals surface area contributed by atoms with E-state index in [1.807, 2.05) is 0 Å². The molecule has 2 nitrogen and oxygen atoms in total. The fourth-order valence-corrected chi connectivity index (χ4v) is 2.33. The van der Waals surface area contributed by atoms with Crippen LogP contribution in [0.4, 0.5) is 0 Å². The van der Waals surface area contributed by atoms with E-state index in [1.165, 1.54) is 19.3 Å². The number of hydrogen-bond acceptors (Lipinski definition) is 2. The average molecular weight is 183 g/mol. The number of nitrogens with one attached hydrogen (secondary N) is 1. The molecule has 0 spiro atoms. The lowest BCUT2D eigenvalue weighted by atomic mass is 9.82. The highest BCUT2D eigenvalue weighted by Crippen LogP contribution is 2.34.